The van der Waals surface area contributed by atoms with Crippen LogP contribution in [0, 0.1) is 0 Å². The van der Waals surface area contributed by atoms with Crippen LogP contribution in [0.15, 0.2) is 60.7 Å². The smallest absolute Gasteiger partial charge is 0.355 e. The van der Waals surface area contributed by atoms with Gasteiger partial charge in [0.15, 0.2) is 17.7 Å². The van der Waals surface area contributed by atoms with Crippen molar-refractivity contribution in [2.24, 2.45) is 0 Å². The maximum Gasteiger partial charge on any atom is 0.355 e. The van der Waals surface area contributed by atoms with Crippen LogP contribution < -0.4 is 10.6 Å². The van der Waals surface area contributed by atoms with Crippen molar-refractivity contribution < 1.29 is 29.3 Å². The van der Waals surface area contributed by atoms with Crippen LogP contribution in [0.1, 0.15) is 28.7 Å². The Balaban J connectivity index is 1.15. The number of para-hydroxylation sites is 1. The molecule has 2 saturated heterocycles. The van der Waals surface area contributed by atoms with Crippen LogP contribution >= 0.6 is 23.2 Å². The van der Waals surface area contributed by atoms with Crippen molar-refractivity contribution in [3.8, 4) is 0 Å². The molecule has 2 aliphatic heterocycles. The van der Waals surface area contributed by atoms with Crippen molar-refractivity contribution in [1.29, 1.82) is 0 Å². The van der Waals surface area contributed by atoms with E-state index in [1.165, 1.54) is 17.2 Å². The van der Waals surface area contributed by atoms with E-state index in [-0.39, 0.29) is 22.4 Å². The van der Waals surface area contributed by atoms with E-state index in [0.29, 0.717) is 51.2 Å². The summed E-state index contributed by atoms with van der Waals surface area (Å²) in [5, 5.41) is 22.7. The molecule has 0 bridgehead atoms. The number of nitrogens with zero attached hydrogens (tertiary/aromatic N) is 5. The highest BCUT2D eigenvalue weighted by Gasteiger charge is 2.45. The van der Waals surface area contributed by atoms with Crippen LogP contribution in [-0.4, -0.2) is 78.1 Å². The number of nitrogens with two attached hydrogens (primary N) is 1. The number of H-pyrrole nitrogens is 1. The molecule has 0 saturated carbocycles. The number of imidazole rings is 1. The van der Waals surface area contributed by atoms with Gasteiger partial charge in [-0.05, 0) is 36.8 Å². The molecule has 0 spiro atoms. The Hall–Kier alpha value is -4.53. The van der Waals surface area contributed by atoms with Crippen LogP contribution in [0.2, 0.25) is 10.0 Å². The summed E-state index contributed by atoms with van der Waals surface area (Å²) in [7, 11) is 0. The number of carbonyl (C=O) groups is 2. The molecule has 7 rings (SSSR count). The Labute approximate surface area is 264 Å². The number of amides is 1. The zero-order valence-corrected chi connectivity index (χ0v) is 24.8. The third-order valence-corrected chi connectivity index (χ3v) is 8.46. The fourth-order valence-electron chi connectivity index (χ4n) is 5.74. The molecule has 4 atom stereocenters. The van der Waals surface area contributed by atoms with Gasteiger partial charge in [0.1, 0.15) is 42.5 Å². The molecule has 5 N–H and O–H groups in total. The molecule has 15 heteroatoms. The molecule has 230 valence electrons. The predicted molar refractivity (Wildman–Crippen MR) is 166 cm³/mol. The number of halogens is 2. The Morgan fingerprint density at radius 1 is 1.16 bits per heavy atom. The van der Waals surface area contributed by atoms with E-state index in [0.717, 1.165) is 5.69 Å². The summed E-state index contributed by atoms with van der Waals surface area (Å²) in [5.74, 6) is -0.839. The summed E-state index contributed by atoms with van der Waals surface area (Å²) in [6.45, 7) is 0.0689. The van der Waals surface area contributed by atoms with Gasteiger partial charge in [-0.3, -0.25) is 9.36 Å². The van der Waals surface area contributed by atoms with Gasteiger partial charge in [-0.2, -0.15) is 0 Å². The normalized spacial score (nSPS) is 22.7. The van der Waals surface area contributed by atoms with Gasteiger partial charge in [-0.1, -0.05) is 41.4 Å². The van der Waals surface area contributed by atoms with Gasteiger partial charge >= 0.3 is 5.97 Å². The second kappa shape index (κ2) is 11.4. The summed E-state index contributed by atoms with van der Waals surface area (Å²) >= 11 is 12.8. The number of esters is 1. The minimum atomic E-state index is -1.41. The molecule has 2 aromatic carbocycles. The molecular formula is C30H25Cl2N7O6. The molecule has 0 aliphatic carbocycles. The molecule has 0 radical (unpaired) electrons. The molecular weight excluding hydrogens is 625 g/mol. The first kappa shape index (κ1) is 29.2. The van der Waals surface area contributed by atoms with Crippen LogP contribution in [-0.2, 0) is 14.3 Å². The van der Waals surface area contributed by atoms with E-state index in [4.69, 9.17) is 38.4 Å². The molecule has 2 fully saturated rings. The number of nitrogens with one attached hydrogen (secondary N) is 1. The van der Waals surface area contributed by atoms with Crippen molar-refractivity contribution in [2.75, 3.05) is 23.8 Å². The molecule has 5 aromatic rings. The second-order valence-corrected chi connectivity index (χ2v) is 11.5. The third kappa shape index (κ3) is 5.08. The lowest BCUT2D eigenvalue weighted by Gasteiger charge is -2.16. The Bertz CT molecular complexity index is 2000. The number of aromatic nitrogens is 5. The molecule has 3 aromatic heterocycles. The van der Waals surface area contributed by atoms with Crippen molar-refractivity contribution in [3.63, 3.8) is 0 Å². The van der Waals surface area contributed by atoms with Gasteiger partial charge in [0.05, 0.1) is 11.3 Å². The maximum atomic E-state index is 13.5. The average Bonchev–Trinajstić information content (AvgIpc) is 3.78. The highest BCUT2D eigenvalue weighted by atomic mass is 35.5. The standard InChI is InChI=1S/C30H25Cl2N7O6/c31-15-9-18(32)21-17(8-14-6-7-38(28(14)42)16-4-2-1-3-5-16)22(37-19(21)10-15)30(43)44-11-20-24(40)25(41)29(45-20)39-13-36-23-26(33)34-12-35-27(23)39/h1-5,8-10,12-13,20,24-25,29,37,40-41H,6-7,11H2,(H2,33,34,35)/b14-8+/t20-,24-,25-,29-/m1/s1. The number of carbonyl (C=O) groups excluding carboxylic acids is 2. The van der Waals surface area contributed by atoms with E-state index in [2.05, 4.69) is 19.9 Å². The summed E-state index contributed by atoms with van der Waals surface area (Å²) in [6.07, 6.45) is -0.274. The van der Waals surface area contributed by atoms with Crippen LogP contribution in [0.25, 0.3) is 28.1 Å². The number of benzene rings is 2. The number of nitrogen functional groups attached to an aromatic ring is 1. The maximum absolute atomic E-state index is 13.5. The fraction of sp³-hybridized carbons (Fsp3) is 0.233. The zero-order valence-electron chi connectivity index (χ0n) is 23.3. The fourth-order valence-corrected chi connectivity index (χ4v) is 6.33. The number of aliphatic hydroxyl groups is 2. The summed E-state index contributed by atoms with van der Waals surface area (Å²) < 4.78 is 12.9. The van der Waals surface area contributed by atoms with Crippen LogP contribution in [0.3, 0.4) is 0 Å². The van der Waals surface area contributed by atoms with E-state index in [1.54, 1.807) is 23.1 Å². The number of rotatable bonds is 6. The number of aliphatic hydroxyl groups excluding tert-OH is 2. The molecule has 13 nitrogen and oxygen atoms in total. The van der Waals surface area contributed by atoms with Crippen molar-refractivity contribution in [2.45, 2.75) is 31.0 Å². The number of anilines is 2. The minimum Gasteiger partial charge on any atom is -0.458 e. The topological polar surface area (TPSA) is 182 Å². The first-order valence-corrected chi connectivity index (χ1v) is 14.7. The van der Waals surface area contributed by atoms with Crippen LogP contribution in [0.5, 0.6) is 0 Å². The van der Waals surface area contributed by atoms with Gasteiger partial charge in [0.25, 0.3) is 5.91 Å². The quantitative estimate of drug-likeness (QED) is 0.157. The lowest BCUT2D eigenvalue weighted by molar-refractivity contribution is -0.114. The number of fused-ring (bicyclic) bond motifs is 2. The summed E-state index contributed by atoms with van der Waals surface area (Å²) in [5.41, 5.74) is 8.59. The minimum absolute atomic E-state index is 0.0324. The highest BCUT2D eigenvalue weighted by Crippen LogP contribution is 2.37. The van der Waals surface area contributed by atoms with Gasteiger partial charge in [-0.25, -0.2) is 19.7 Å². The SMILES string of the molecule is Nc1ncnc2c1ncn2[C@@H]1O[C@H](COC(=O)c2[nH]c3cc(Cl)cc(Cl)c3c2/C=C2\CCN(c3ccccc3)C2=O)[C@@H](O)[C@H]1O. The van der Waals surface area contributed by atoms with E-state index in [1.807, 2.05) is 30.3 Å². The average molecular weight is 650 g/mol. The first-order valence-electron chi connectivity index (χ1n) is 13.9. The first-order chi connectivity index (χ1) is 21.7. The summed E-state index contributed by atoms with van der Waals surface area (Å²) in [6, 6.07) is 12.5. The van der Waals surface area contributed by atoms with E-state index >= 15 is 0 Å². The Morgan fingerprint density at radius 3 is 2.76 bits per heavy atom. The van der Waals surface area contributed by atoms with Crippen molar-refractivity contribution >= 4 is 74.7 Å². The number of hydrogen-bond acceptors (Lipinski definition) is 10. The molecule has 5 heterocycles. The third-order valence-electron chi connectivity index (χ3n) is 7.95. The zero-order chi connectivity index (χ0) is 31.4. The number of aromatic amines is 1. The molecule has 45 heavy (non-hydrogen) atoms. The molecule has 1 amide bonds. The van der Waals surface area contributed by atoms with Gasteiger partial charge in [0.2, 0.25) is 0 Å². The van der Waals surface area contributed by atoms with Gasteiger partial charge < -0.3 is 35.3 Å². The number of ether oxygens (including phenoxy) is 2. The van der Waals surface area contributed by atoms with Crippen LogP contribution in [0.4, 0.5) is 11.5 Å². The monoisotopic (exact) mass is 649 g/mol. The predicted octanol–water partition coefficient (Wildman–Crippen LogP) is 3.49. The highest BCUT2D eigenvalue weighted by molar-refractivity contribution is 6.39. The molecule has 2 aliphatic rings. The second-order valence-electron chi connectivity index (χ2n) is 10.7. The molecule has 0 unspecified atom stereocenters. The lowest BCUT2D eigenvalue weighted by atomic mass is 10.1. The largest absolute Gasteiger partial charge is 0.458 e. The van der Waals surface area contributed by atoms with Crippen molar-refractivity contribution in [1.82, 2.24) is 24.5 Å². The van der Waals surface area contributed by atoms with Gasteiger partial charge in [0, 0.05) is 39.3 Å². The lowest BCUT2D eigenvalue weighted by Crippen LogP contribution is -2.34. The van der Waals surface area contributed by atoms with Crippen molar-refractivity contribution in [3.05, 3.63) is 82.0 Å². The van der Waals surface area contributed by atoms with Gasteiger partial charge in [-0.15, -0.1) is 0 Å². The Morgan fingerprint density at radius 2 is 1.96 bits per heavy atom. The van der Waals surface area contributed by atoms with E-state index in [9.17, 15) is 19.8 Å². The number of hydrogen-bond donors (Lipinski definition) is 4. The Kier molecular flexibility index (Phi) is 7.42. The van der Waals surface area contributed by atoms with E-state index < -0.39 is 37.1 Å². The summed E-state index contributed by atoms with van der Waals surface area (Å²) in [4.78, 5) is 43.8.